The summed E-state index contributed by atoms with van der Waals surface area (Å²) in [7, 11) is 1.57. The minimum Gasteiger partial charge on any atom is -0.380 e. The molecule has 1 aromatic carbocycles. The minimum atomic E-state index is -0.103. The molecule has 1 rings (SSSR count). The van der Waals surface area contributed by atoms with Crippen LogP contribution in [0.4, 0.5) is 0 Å². The maximum atomic E-state index is 11.4. The number of carbonyl (C=O) groups excluding carboxylic acids is 1. The van der Waals surface area contributed by atoms with Crippen molar-refractivity contribution in [2.24, 2.45) is 5.73 Å². The second-order valence-corrected chi connectivity index (χ2v) is 3.30. The number of Topliss-reactive ketones (excluding diaryl/α,β-unsaturated/α-hetero) is 1. The van der Waals surface area contributed by atoms with Gasteiger partial charge in [0.25, 0.3) is 0 Å². The molecule has 0 aliphatic heterocycles. The van der Waals surface area contributed by atoms with Gasteiger partial charge in [-0.1, -0.05) is 11.6 Å². The van der Waals surface area contributed by atoms with Crippen molar-refractivity contribution >= 4 is 17.4 Å². The van der Waals surface area contributed by atoms with Crippen molar-refractivity contribution in [3.8, 4) is 0 Å². The number of benzene rings is 1. The number of ether oxygens (including phenoxy) is 1. The first-order chi connectivity index (χ1) is 6.69. The maximum Gasteiger partial charge on any atom is 0.176 e. The standard InChI is InChI=1S/C10H12ClNO2/c1-14-6-7-4-8(11)2-3-9(7)10(13)5-12/h2-4H,5-6,12H2,1H3. The second-order valence-electron chi connectivity index (χ2n) is 2.86. The highest BCUT2D eigenvalue weighted by Crippen LogP contribution is 2.17. The average molecular weight is 214 g/mol. The van der Waals surface area contributed by atoms with Crippen molar-refractivity contribution in [3.05, 3.63) is 34.3 Å². The number of methoxy groups -OCH3 is 1. The summed E-state index contributed by atoms with van der Waals surface area (Å²) in [5.74, 6) is -0.103. The summed E-state index contributed by atoms with van der Waals surface area (Å²) in [6.45, 7) is 0.361. The number of nitrogens with two attached hydrogens (primary N) is 1. The first-order valence-corrected chi connectivity index (χ1v) is 4.57. The number of ketones is 1. The topological polar surface area (TPSA) is 52.3 Å². The number of hydrogen-bond donors (Lipinski definition) is 1. The van der Waals surface area contributed by atoms with E-state index in [0.29, 0.717) is 17.2 Å². The number of carbonyl (C=O) groups is 1. The minimum absolute atomic E-state index is 0.00164. The Labute approximate surface area is 87.8 Å². The third kappa shape index (κ3) is 2.54. The normalized spacial score (nSPS) is 10.2. The van der Waals surface area contributed by atoms with Gasteiger partial charge in [0.1, 0.15) is 0 Å². The van der Waals surface area contributed by atoms with E-state index < -0.39 is 0 Å². The van der Waals surface area contributed by atoms with Gasteiger partial charge in [-0.25, -0.2) is 0 Å². The lowest BCUT2D eigenvalue weighted by molar-refractivity contribution is 0.0996. The average Bonchev–Trinajstić information content (AvgIpc) is 2.17. The van der Waals surface area contributed by atoms with Crippen LogP contribution in [-0.2, 0) is 11.3 Å². The van der Waals surface area contributed by atoms with Gasteiger partial charge in [-0.05, 0) is 23.8 Å². The highest BCUT2D eigenvalue weighted by molar-refractivity contribution is 6.30. The van der Waals surface area contributed by atoms with E-state index in [2.05, 4.69) is 0 Å². The van der Waals surface area contributed by atoms with Crippen LogP contribution in [0.2, 0.25) is 5.02 Å². The predicted octanol–water partition coefficient (Wildman–Crippen LogP) is 1.63. The molecule has 0 spiro atoms. The molecule has 0 saturated heterocycles. The van der Waals surface area contributed by atoms with Gasteiger partial charge in [-0.2, -0.15) is 0 Å². The predicted molar refractivity (Wildman–Crippen MR) is 55.5 cm³/mol. The molecule has 0 unspecified atom stereocenters. The van der Waals surface area contributed by atoms with Gasteiger partial charge < -0.3 is 10.5 Å². The van der Waals surface area contributed by atoms with E-state index in [0.717, 1.165) is 5.56 Å². The lowest BCUT2D eigenvalue weighted by Crippen LogP contribution is -2.15. The fourth-order valence-electron chi connectivity index (χ4n) is 1.22. The molecule has 76 valence electrons. The zero-order valence-corrected chi connectivity index (χ0v) is 8.67. The Balaban J connectivity index is 3.07. The highest BCUT2D eigenvalue weighted by Gasteiger charge is 2.09. The van der Waals surface area contributed by atoms with E-state index in [4.69, 9.17) is 22.1 Å². The molecule has 0 bridgehead atoms. The third-order valence-corrected chi connectivity index (χ3v) is 2.09. The van der Waals surface area contributed by atoms with Gasteiger partial charge in [0, 0.05) is 17.7 Å². The first kappa shape index (κ1) is 11.2. The lowest BCUT2D eigenvalue weighted by Gasteiger charge is -2.07. The summed E-state index contributed by atoms with van der Waals surface area (Å²) in [4.78, 5) is 11.4. The molecule has 14 heavy (non-hydrogen) atoms. The maximum absolute atomic E-state index is 11.4. The summed E-state index contributed by atoms with van der Waals surface area (Å²) in [5.41, 5.74) is 6.64. The Morgan fingerprint density at radius 1 is 1.57 bits per heavy atom. The molecule has 2 N–H and O–H groups in total. The quantitative estimate of drug-likeness (QED) is 0.774. The second kappa shape index (κ2) is 5.10. The van der Waals surface area contributed by atoms with Gasteiger partial charge in [0.2, 0.25) is 0 Å². The first-order valence-electron chi connectivity index (χ1n) is 4.19. The number of rotatable bonds is 4. The van der Waals surface area contributed by atoms with Crippen molar-refractivity contribution in [1.29, 1.82) is 0 Å². The Bertz CT molecular complexity index is 339. The summed E-state index contributed by atoms with van der Waals surface area (Å²) >= 11 is 5.80. The Morgan fingerprint density at radius 3 is 2.86 bits per heavy atom. The van der Waals surface area contributed by atoms with Gasteiger partial charge >= 0.3 is 0 Å². The zero-order chi connectivity index (χ0) is 10.6. The van der Waals surface area contributed by atoms with E-state index in [1.807, 2.05) is 0 Å². The molecule has 0 radical (unpaired) electrons. The van der Waals surface area contributed by atoms with E-state index >= 15 is 0 Å². The zero-order valence-electron chi connectivity index (χ0n) is 7.92. The molecule has 4 heteroatoms. The molecule has 0 amide bonds. The van der Waals surface area contributed by atoms with E-state index in [-0.39, 0.29) is 12.3 Å². The van der Waals surface area contributed by atoms with Gasteiger partial charge in [0.15, 0.2) is 5.78 Å². The van der Waals surface area contributed by atoms with Crippen molar-refractivity contribution in [2.75, 3.05) is 13.7 Å². The van der Waals surface area contributed by atoms with Crippen LogP contribution >= 0.6 is 11.6 Å². The van der Waals surface area contributed by atoms with Crippen molar-refractivity contribution < 1.29 is 9.53 Å². The van der Waals surface area contributed by atoms with Crippen molar-refractivity contribution in [3.63, 3.8) is 0 Å². The summed E-state index contributed by atoms with van der Waals surface area (Å²) < 4.78 is 4.97. The largest absolute Gasteiger partial charge is 0.380 e. The Hall–Kier alpha value is -0.900. The SMILES string of the molecule is COCc1cc(Cl)ccc1C(=O)CN. The lowest BCUT2D eigenvalue weighted by atomic mass is 10.0. The molecular formula is C10H12ClNO2. The Morgan fingerprint density at radius 2 is 2.29 bits per heavy atom. The van der Waals surface area contributed by atoms with Crippen LogP contribution in [-0.4, -0.2) is 19.4 Å². The van der Waals surface area contributed by atoms with E-state index in [1.54, 1.807) is 25.3 Å². The number of hydrogen-bond acceptors (Lipinski definition) is 3. The monoisotopic (exact) mass is 213 g/mol. The molecule has 3 nitrogen and oxygen atoms in total. The van der Waals surface area contributed by atoms with Crippen molar-refractivity contribution in [2.45, 2.75) is 6.61 Å². The van der Waals surface area contributed by atoms with Crippen LogP contribution in [0.1, 0.15) is 15.9 Å². The van der Waals surface area contributed by atoms with Gasteiger partial charge in [-0.3, -0.25) is 4.79 Å². The number of halogens is 1. The third-order valence-electron chi connectivity index (χ3n) is 1.85. The molecule has 0 aliphatic rings. The molecular weight excluding hydrogens is 202 g/mol. The summed E-state index contributed by atoms with van der Waals surface area (Å²) in [6.07, 6.45) is 0. The van der Waals surface area contributed by atoms with Crippen LogP contribution in [0.25, 0.3) is 0 Å². The van der Waals surface area contributed by atoms with Gasteiger partial charge in [-0.15, -0.1) is 0 Å². The smallest absolute Gasteiger partial charge is 0.176 e. The molecule has 0 heterocycles. The molecule has 1 aromatic rings. The van der Waals surface area contributed by atoms with E-state index in [1.165, 1.54) is 0 Å². The van der Waals surface area contributed by atoms with Crippen LogP contribution in [0.3, 0.4) is 0 Å². The van der Waals surface area contributed by atoms with Crippen LogP contribution in [0, 0.1) is 0 Å². The summed E-state index contributed by atoms with van der Waals surface area (Å²) in [6, 6.07) is 5.06. The molecule has 0 saturated carbocycles. The fourth-order valence-corrected chi connectivity index (χ4v) is 1.41. The molecule has 0 aromatic heterocycles. The molecule has 0 fully saturated rings. The highest BCUT2D eigenvalue weighted by atomic mass is 35.5. The van der Waals surface area contributed by atoms with E-state index in [9.17, 15) is 4.79 Å². The van der Waals surface area contributed by atoms with Crippen LogP contribution in [0.5, 0.6) is 0 Å². The van der Waals surface area contributed by atoms with Gasteiger partial charge in [0.05, 0.1) is 13.2 Å². The van der Waals surface area contributed by atoms with Crippen LogP contribution in [0.15, 0.2) is 18.2 Å². The van der Waals surface area contributed by atoms with Crippen LogP contribution < -0.4 is 5.73 Å². The molecule has 0 atom stereocenters. The fraction of sp³-hybridized carbons (Fsp3) is 0.300. The summed E-state index contributed by atoms with van der Waals surface area (Å²) in [5, 5.41) is 0.589. The Kier molecular flexibility index (Phi) is 4.07. The molecule has 0 aliphatic carbocycles. The van der Waals surface area contributed by atoms with Crippen molar-refractivity contribution in [1.82, 2.24) is 0 Å².